The van der Waals surface area contributed by atoms with Gasteiger partial charge in [0, 0.05) is 6.92 Å². The Morgan fingerprint density at radius 1 is 0.895 bits per heavy atom. The van der Waals surface area contributed by atoms with Crippen molar-refractivity contribution in [3.63, 3.8) is 0 Å². The Balaban J connectivity index is 1.71. The van der Waals surface area contributed by atoms with E-state index in [9.17, 15) is 24.4 Å². The number of aliphatic hydroxyl groups is 2. The fourth-order valence-electron chi connectivity index (χ4n) is 3.44. The molecule has 1 aliphatic heterocycles. The molecule has 2 aromatic carbocycles. The smallest absolute Gasteiger partial charge is 0.467 e. The summed E-state index contributed by atoms with van der Waals surface area (Å²) < 4.78 is 50.6. The lowest BCUT2D eigenvalue weighted by atomic mass is 9.99. The predicted molar refractivity (Wildman–Crippen MR) is 130 cm³/mol. The number of ether oxygens (including phenoxy) is 4. The highest BCUT2D eigenvalue weighted by molar-refractivity contribution is 7.48. The summed E-state index contributed by atoms with van der Waals surface area (Å²) in [5.41, 5.74) is 1.43. The first-order chi connectivity index (χ1) is 18.2. The number of benzene rings is 2. The molecule has 2 unspecified atom stereocenters. The van der Waals surface area contributed by atoms with Gasteiger partial charge in [0.1, 0.15) is 24.9 Å². The molecule has 3 rings (SSSR count). The Morgan fingerprint density at radius 3 is 1.95 bits per heavy atom. The van der Waals surface area contributed by atoms with E-state index >= 15 is 0 Å². The number of carbonyl (C=O) groups excluding carboxylic acids is 2. The molecule has 12 nitrogen and oxygen atoms in total. The van der Waals surface area contributed by atoms with E-state index in [0.717, 1.165) is 14.0 Å². The Hall–Kier alpha value is -2.67. The van der Waals surface area contributed by atoms with E-state index in [0.29, 0.717) is 11.1 Å². The van der Waals surface area contributed by atoms with Crippen molar-refractivity contribution in [1.29, 1.82) is 0 Å². The minimum atomic E-state index is -4.23. The third-order valence-electron chi connectivity index (χ3n) is 5.40. The van der Waals surface area contributed by atoms with Crippen LogP contribution in [0, 0.1) is 0 Å². The van der Waals surface area contributed by atoms with Crippen LogP contribution in [0.15, 0.2) is 60.7 Å². The van der Waals surface area contributed by atoms with Gasteiger partial charge in [0.25, 0.3) is 0 Å². The van der Waals surface area contributed by atoms with Gasteiger partial charge < -0.3 is 29.2 Å². The quantitative estimate of drug-likeness (QED) is 0.275. The summed E-state index contributed by atoms with van der Waals surface area (Å²) in [7, 11) is -3.08. The lowest BCUT2D eigenvalue weighted by molar-refractivity contribution is -0.302. The number of phosphoric ester groups is 1. The minimum absolute atomic E-state index is 0.0942. The Kier molecular flexibility index (Phi) is 11.4. The van der Waals surface area contributed by atoms with E-state index in [4.69, 9.17) is 27.8 Å². The van der Waals surface area contributed by atoms with Crippen LogP contribution < -0.4 is 0 Å². The first kappa shape index (κ1) is 29.9. The number of aliphatic hydroxyl groups excluding tert-OH is 2. The van der Waals surface area contributed by atoms with Gasteiger partial charge in [0.15, 0.2) is 12.4 Å². The SMILES string of the molecule is COC(=O)CO[C@H]1OC(COP(=O)(OCc2ccccc2)OCc2ccccc2)[C@@H](O)[C@H](O)C1OC(C)=O. The third-order valence-corrected chi connectivity index (χ3v) is 6.76. The average molecular weight is 554 g/mol. The normalized spacial score (nSPS) is 23.5. The fourth-order valence-corrected chi connectivity index (χ4v) is 4.60. The van der Waals surface area contributed by atoms with Crippen molar-refractivity contribution >= 4 is 19.8 Å². The van der Waals surface area contributed by atoms with Crippen molar-refractivity contribution in [1.82, 2.24) is 0 Å². The second kappa shape index (κ2) is 14.5. The van der Waals surface area contributed by atoms with Crippen LogP contribution in [-0.2, 0) is 59.9 Å². The summed E-state index contributed by atoms with van der Waals surface area (Å²) in [5.74, 6) is -1.53. The van der Waals surface area contributed by atoms with Crippen LogP contribution in [0.5, 0.6) is 0 Å². The van der Waals surface area contributed by atoms with Gasteiger partial charge in [-0.1, -0.05) is 60.7 Å². The topological polar surface area (TPSA) is 156 Å². The molecule has 208 valence electrons. The van der Waals surface area contributed by atoms with E-state index < -0.39 is 63.7 Å². The molecule has 0 amide bonds. The molecule has 1 aliphatic rings. The summed E-state index contributed by atoms with van der Waals surface area (Å²) >= 11 is 0. The number of hydrogen-bond acceptors (Lipinski definition) is 12. The Morgan fingerprint density at radius 2 is 1.45 bits per heavy atom. The molecule has 0 radical (unpaired) electrons. The molecule has 2 aromatic rings. The molecule has 1 heterocycles. The van der Waals surface area contributed by atoms with Crippen LogP contribution in [0.4, 0.5) is 0 Å². The molecule has 2 N–H and O–H groups in total. The highest BCUT2D eigenvalue weighted by Gasteiger charge is 2.48. The second-order valence-electron chi connectivity index (χ2n) is 8.25. The maximum atomic E-state index is 13.5. The summed E-state index contributed by atoms with van der Waals surface area (Å²) in [6.07, 6.45) is -7.58. The molecular weight excluding hydrogens is 523 g/mol. The van der Waals surface area contributed by atoms with Crippen molar-refractivity contribution < 1.29 is 56.9 Å². The van der Waals surface area contributed by atoms with Crippen LogP contribution >= 0.6 is 7.82 Å². The van der Waals surface area contributed by atoms with Crippen LogP contribution in [0.2, 0.25) is 0 Å². The van der Waals surface area contributed by atoms with E-state index in [1.54, 1.807) is 48.5 Å². The zero-order valence-corrected chi connectivity index (χ0v) is 21.8. The van der Waals surface area contributed by atoms with Gasteiger partial charge >= 0.3 is 19.8 Å². The Bertz CT molecular complexity index is 1020. The number of phosphoric acid groups is 1. The van der Waals surface area contributed by atoms with Crippen molar-refractivity contribution in [2.75, 3.05) is 20.3 Å². The number of hydrogen-bond donors (Lipinski definition) is 2. The van der Waals surface area contributed by atoms with Gasteiger partial charge in [-0.3, -0.25) is 18.4 Å². The Labute approximate surface area is 219 Å². The third kappa shape index (κ3) is 8.97. The van der Waals surface area contributed by atoms with Crippen LogP contribution in [-0.4, -0.2) is 73.2 Å². The van der Waals surface area contributed by atoms with Gasteiger partial charge in [-0.25, -0.2) is 9.36 Å². The molecule has 1 fully saturated rings. The first-order valence-electron chi connectivity index (χ1n) is 11.7. The fraction of sp³-hybridized carbons (Fsp3) is 0.440. The molecule has 0 bridgehead atoms. The summed E-state index contributed by atoms with van der Waals surface area (Å²) in [6, 6.07) is 17.9. The van der Waals surface area contributed by atoms with Crippen LogP contribution in [0.1, 0.15) is 18.1 Å². The molecule has 0 aliphatic carbocycles. The summed E-state index contributed by atoms with van der Waals surface area (Å²) in [5, 5.41) is 21.2. The van der Waals surface area contributed by atoms with Gasteiger partial charge in [0.2, 0.25) is 0 Å². The average Bonchev–Trinajstić information content (AvgIpc) is 2.93. The van der Waals surface area contributed by atoms with Gasteiger partial charge in [0.05, 0.1) is 26.9 Å². The number of carbonyl (C=O) groups is 2. The van der Waals surface area contributed by atoms with Crippen LogP contribution in [0.3, 0.4) is 0 Å². The van der Waals surface area contributed by atoms with E-state index in [1.165, 1.54) is 0 Å². The molecule has 13 heteroatoms. The minimum Gasteiger partial charge on any atom is -0.467 e. The standard InChI is InChI=1S/C25H31O12P/c1-17(26)36-24-23(29)22(28)20(37-25(24)32-16-21(27)31-2)15-35-38(30,33-13-18-9-5-3-6-10-18)34-14-19-11-7-4-8-12-19/h3-12,20,22-25,28-29H,13-16H2,1-2H3/t20?,22-,23+,24?,25+/m1/s1. The second-order valence-corrected chi connectivity index (χ2v) is 9.92. The van der Waals surface area contributed by atoms with Gasteiger partial charge in [-0.2, -0.15) is 0 Å². The van der Waals surface area contributed by atoms with E-state index in [1.807, 2.05) is 12.1 Å². The van der Waals surface area contributed by atoms with Crippen molar-refractivity contribution in [2.45, 2.75) is 50.8 Å². The molecule has 38 heavy (non-hydrogen) atoms. The molecule has 5 atom stereocenters. The van der Waals surface area contributed by atoms with Crippen LogP contribution in [0.25, 0.3) is 0 Å². The molecule has 0 aromatic heterocycles. The molecule has 1 saturated heterocycles. The van der Waals surface area contributed by atoms with E-state index in [2.05, 4.69) is 4.74 Å². The first-order valence-corrected chi connectivity index (χ1v) is 13.2. The lowest BCUT2D eigenvalue weighted by Crippen LogP contribution is -2.60. The predicted octanol–water partition coefficient (Wildman–Crippen LogP) is 2.11. The monoisotopic (exact) mass is 554 g/mol. The zero-order valence-electron chi connectivity index (χ0n) is 20.9. The van der Waals surface area contributed by atoms with E-state index in [-0.39, 0.29) is 13.2 Å². The summed E-state index contributed by atoms with van der Waals surface area (Å²) in [4.78, 5) is 23.0. The molecule has 0 saturated carbocycles. The van der Waals surface area contributed by atoms with Gasteiger partial charge in [-0.15, -0.1) is 0 Å². The number of methoxy groups -OCH3 is 1. The zero-order chi connectivity index (χ0) is 27.5. The van der Waals surface area contributed by atoms with Crippen molar-refractivity contribution in [2.24, 2.45) is 0 Å². The van der Waals surface area contributed by atoms with Crippen molar-refractivity contribution in [3.05, 3.63) is 71.8 Å². The number of esters is 2. The summed E-state index contributed by atoms with van der Waals surface area (Å²) in [6.45, 7) is -0.250. The highest BCUT2D eigenvalue weighted by atomic mass is 31.2. The highest BCUT2D eigenvalue weighted by Crippen LogP contribution is 2.51. The molecular formula is C25H31O12P. The van der Waals surface area contributed by atoms with Crippen molar-refractivity contribution in [3.8, 4) is 0 Å². The maximum Gasteiger partial charge on any atom is 0.475 e. The lowest BCUT2D eigenvalue weighted by Gasteiger charge is -2.41. The number of rotatable bonds is 13. The maximum absolute atomic E-state index is 13.5. The molecule has 0 spiro atoms. The van der Waals surface area contributed by atoms with Gasteiger partial charge in [-0.05, 0) is 11.1 Å². The largest absolute Gasteiger partial charge is 0.475 e.